The minimum absolute atomic E-state index is 0.0735. The smallest absolute Gasteiger partial charge is 0.0861 e. The standard InChI is InChI=1S/C17H21NO/c1-2-17(9-5-6-10-17)16(19)14-11-13-7-3-4-8-15(13)18-12-14/h3-4,7-8,11-12,16,19H,2,5-6,9-10H2,1H3. The van der Waals surface area contributed by atoms with Crippen LogP contribution >= 0.6 is 0 Å². The molecule has 100 valence electrons. The molecule has 0 amide bonds. The van der Waals surface area contributed by atoms with Crippen LogP contribution in [0, 0.1) is 5.41 Å². The average Bonchev–Trinajstić information content (AvgIpc) is 2.96. The van der Waals surface area contributed by atoms with Crippen molar-refractivity contribution >= 4 is 10.9 Å². The highest BCUT2D eigenvalue weighted by Gasteiger charge is 2.39. The minimum atomic E-state index is -0.378. The molecule has 2 heteroatoms. The van der Waals surface area contributed by atoms with Gasteiger partial charge in [0, 0.05) is 17.0 Å². The number of benzene rings is 1. The van der Waals surface area contributed by atoms with Gasteiger partial charge < -0.3 is 5.11 Å². The number of para-hydroxylation sites is 1. The molecule has 0 radical (unpaired) electrons. The van der Waals surface area contributed by atoms with Gasteiger partial charge in [-0.05, 0) is 37.0 Å². The van der Waals surface area contributed by atoms with Crippen molar-refractivity contribution in [2.45, 2.75) is 45.1 Å². The number of aliphatic hydroxyl groups is 1. The van der Waals surface area contributed by atoms with Crippen LogP contribution in [-0.4, -0.2) is 10.1 Å². The number of aromatic nitrogens is 1. The van der Waals surface area contributed by atoms with Crippen LogP contribution in [-0.2, 0) is 0 Å². The minimum Gasteiger partial charge on any atom is -0.388 e. The van der Waals surface area contributed by atoms with E-state index in [1.165, 1.54) is 12.8 Å². The number of aliphatic hydroxyl groups excluding tert-OH is 1. The molecule has 3 rings (SSSR count). The van der Waals surface area contributed by atoms with Gasteiger partial charge in [-0.3, -0.25) is 4.98 Å². The Kier molecular flexibility index (Phi) is 3.28. The van der Waals surface area contributed by atoms with E-state index in [1.54, 1.807) is 0 Å². The summed E-state index contributed by atoms with van der Waals surface area (Å²) in [6.45, 7) is 2.20. The highest BCUT2D eigenvalue weighted by atomic mass is 16.3. The fraction of sp³-hybridized carbons (Fsp3) is 0.471. The Balaban J connectivity index is 1.99. The van der Waals surface area contributed by atoms with Gasteiger partial charge in [0.1, 0.15) is 0 Å². The summed E-state index contributed by atoms with van der Waals surface area (Å²) in [5.74, 6) is 0. The van der Waals surface area contributed by atoms with E-state index in [9.17, 15) is 5.11 Å². The first-order valence-electron chi connectivity index (χ1n) is 7.28. The molecule has 1 aliphatic carbocycles. The highest BCUT2D eigenvalue weighted by molar-refractivity contribution is 5.78. The van der Waals surface area contributed by atoms with Gasteiger partial charge in [-0.15, -0.1) is 0 Å². The molecule has 0 saturated heterocycles. The van der Waals surface area contributed by atoms with Crippen LogP contribution < -0.4 is 0 Å². The van der Waals surface area contributed by atoms with E-state index in [-0.39, 0.29) is 11.5 Å². The zero-order chi connectivity index (χ0) is 13.3. The monoisotopic (exact) mass is 255 g/mol. The maximum absolute atomic E-state index is 10.8. The van der Waals surface area contributed by atoms with Crippen molar-refractivity contribution in [3.63, 3.8) is 0 Å². The molecule has 1 aromatic carbocycles. The summed E-state index contributed by atoms with van der Waals surface area (Å²) in [5, 5.41) is 11.9. The second-order valence-corrected chi connectivity index (χ2v) is 5.79. The Morgan fingerprint density at radius 2 is 2.00 bits per heavy atom. The number of hydrogen-bond donors (Lipinski definition) is 1. The van der Waals surface area contributed by atoms with Crippen LogP contribution in [0.15, 0.2) is 36.5 Å². The molecule has 1 aromatic heterocycles. The molecule has 1 saturated carbocycles. The number of rotatable bonds is 3. The summed E-state index contributed by atoms with van der Waals surface area (Å²) >= 11 is 0. The maximum atomic E-state index is 10.8. The Labute approximate surface area is 114 Å². The molecule has 1 heterocycles. The predicted octanol–water partition coefficient (Wildman–Crippen LogP) is 4.24. The van der Waals surface area contributed by atoms with Crippen LogP contribution in [0.4, 0.5) is 0 Å². The van der Waals surface area contributed by atoms with Crippen LogP contribution in [0.25, 0.3) is 10.9 Å². The second kappa shape index (κ2) is 4.93. The summed E-state index contributed by atoms with van der Waals surface area (Å²) in [6, 6.07) is 10.2. The lowest BCUT2D eigenvalue weighted by atomic mass is 9.75. The van der Waals surface area contributed by atoms with Crippen molar-refractivity contribution in [2.24, 2.45) is 5.41 Å². The Morgan fingerprint density at radius 3 is 2.74 bits per heavy atom. The summed E-state index contributed by atoms with van der Waals surface area (Å²) in [7, 11) is 0. The van der Waals surface area contributed by atoms with Crippen LogP contribution in [0.3, 0.4) is 0 Å². The second-order valence-electron chi connectivity index (χ2n) is 5.79. The first-order valence-corrected chi connectivity index (χ1v) is 7.28. The summed E-state index contributed by atoms with van der Waals surface area (Å²) in [4.78, 5) is 4.48. The zero-order valence-corrected chi connectivity index (χ0v) is 11.5. The van der Waals surface area contributed by atoms with Crippen LogP contribution in [0.5, 0.6) is 0 Å². The van der Waals surface area contributed by atoms with Crippen LogP contribution in [0.1, 0.15) is 50.7 Å². The SMILES string of the molecule is CCC1(C(O)c2cnc3ccccc3c2)CCCC1. The topological polar surface area (TPSA) is 33.1 Å². The van der Waals surface area contributed by atoms with Crippen molar-refractivity contribution in [1.29, 1.82) is 0 Å². The number of nitrogens with zero attached hydrogens (tertiary/aromatic N) is 1. The molecule has 2 nitrogen and oxygen atoms in total. The van der Waals surface area contributed by atoms with E-state index in [1.807, 2.05) is 24.4 Å². The van der Waals surface area contributed by atoms with Gasteiger partial charge in [-0.25, -0.2) is 0 Å². The van der Waals surface area contributed by atoms with Gasteiger partial charge in [0.2, 0.25) is 0 Å². The largest absolute Gasteiger partial charge is 0.388 e. The van der Waals surface area contributed by atoms with Gasteiger partial charge >= 0.3 is 0 Å². The van der Waals surface area contributed by atoms with Gasteiger partial charge in [-0.2, -0.15) is 0 Å². The van der Waals surface area contributed by atoms with E-state index >= 15 is 0 Å². The average molecular weight is 255 g/mol. The molecule has 1 fully saturated rings. The van der Waals surface area contributed by atoms with Gasteiger partial charge in [-0.1, -0.05) is 38.0 Å². The summed E-state index contributed by atoms with van der Waals surface area (Å²) in [6.07, 6.45) is 7.27. The number of fused-ring (bicyclic) bond motifs is 1. The third-order valence-electron chi connectivity index (χ3n) is 4.81. The Morgan fingerprint density at radius 1 is 1.26 bits per heavy atom. The Bertz CT molecular complexity index is 572. The summed E-state index contributed by atoms with van der Waals surface area (Å²) < 4.78 is 0. The van der Waals surface area contributed by atoms with Crippen LogP contribution in [0.2, 0.25) is 0 Å². The molecule has 0 bridgehead atoms. The molecular formula is C17H21NO. The van der Waals surface area contributed by atoms with Gasteiger partial charge in [0.05, 0.1) is 11.6 Å². The predicted molar refractivity (Wildman–Crippen MR) is 77.9 cm³/mol. The molecular weight excluding hydrogens is 234 g/mol. The van der Waals surface area contributed by atoms with Crippen molar-refractivity contribution < 1.29 is 5.11 Å². The lowest BCUT2D eigenvalue weighted by Crippen LogP contribution is -2.25. The molecule has 1 aliphatic rings. The van der Waals surface area contributed by atoms with Gasteiger partial charge in [0.25, 0.3) is 0 Å². The third-order valence-corrected chi connectivity index (χ3v) is 4.81. The lowest BCUT2D eigenvalue weighted by Gasteiger charge is -2.33. The van der Waals surface area contributed by atoms with Gasteiger partial charge in [0.15, 0.2) is 0 Å². The summed E-state index contributed by atoms with van der Waals surface area (Å²) in [5.41, 5.74) is 2.04. The lowest BCUT2D eigenvalue weighted by molar-refractivity contribution is 0.0236. The molecule has 2 aromatic rings. The van der Waals surface area contributed by atoms with Crippen molar-refractivity contribution in [3.05, 3.63) is 42.1 Å². The quantitative estimate of drug-likeness (QED) is 0.890. The molecule has 1 unspecified atom stereocenters. The first kappa shape index (κ1) is 12.6. The fourth-order valence-corrected chi connectivity index (χ4v) is 3.49. The molecule has 1 atom stereocenters. The van der Waals surface area contributed by atoms with Crippen molar-refractivity contribution in [3.8, 4) is 0 Å². The molecule has 1 N–H and O–H groups in total. The van der Waals surface area contributed by atoms with E-state index < -0.39 is 0 Å². The number of pyridine rings is 1. The van der Waals surface area contributed by atoms with E-state index in [4.69, 9.17) is 0 Å². The fourth-order valence-electron chi connectivity index (χ4n) is 3.49. The van der Waals surface area contributed by atoms with E-state index in [0.29, 0.717) is 0 Å². The first-order chi connectivity index (χ1) is 9.25. The Hall–Kier alpha value is -1.41. The van der Waals surface area contributed by atoms with E-state index in [0.717, 1.165) is 35.7 Å². The van der Waals surface area contributed by atoms with Crippen molar-refractivity contribution in [1.82, 2.24) is 4.98 Å². The van der Waals surface area contributed by atoms with E-state index in [2.05, 4.69) is 24.0 Å². The highest BCUT2D eigenvalue weighted by Crippen LogP contribution is 2.50. The number of hydrogen-bond acceptors (Lipinski definition) is 2. The third kappa shape index (κ3) is 2.14. The normalized spacial score (nSPS) is 19.7. The van der Waals surface area contributed by atoms with Crippen molar-refractivity contribution in [2.75, 3.05) is 0 Å². The maximum Gasteiger partial charge on any atom is 0.0861 e. The molecule has 19 heavy (non-hydrogen) atoms. The molecule has 0 aliphatic heterocycles. The molecule has 0 spiro atoms. The zero-order valence-electron chi connectivity index (χ0n) is 11.5.